The molecule has 2 fully saturated rings. The summed E-state index contributed by atoms with van der Waals surface area (Å²) in [4.78, 5) is 31.7. The lowest BCUT2D eigenvalue weighted by Gasteiger charge is -2.36. The molecule has 2 saturated heterocycles. The van der Waals surface area contributed by atoms with Gasteiger partial charge in [-0.05, 0) is 59.3 Å². The number of ether oxygens (including phenoxy) is 2. The van der Waals surface area contributed by atoms with Crippen molar-refractivity contribution in [2.24, 2.45) is 0 Å². The molecule has 208 valence electrons. The Kier molecular flexibility index (Phi) is 7.53. The molecule has 39 heavy (non-hydrogen) atoms. The standard InChI is InChI=1S/C28H34F2N6O3/c1-28(2,3)39-27(37)36-14-12-35(13-15-36)25-20-16-31-23(19-9-5-6-10-21(19)29)22(30)24(20)32-26(33-25)38-17-18-8-7-11-34(18)4/h5-6,9-10,16,18H,7-8,11-15,17H2,1-4H3/t18-/m0/s1. The quantitative estimate of drug-likeness (QED) is 0.468. The maximum atomic E-state index is 15.9. The van der Waals surface area contributed by atoms with E-state index in [0.29, 0.717) is 44.0 Å². The van der Waals surface area contributed by atoms with Crippen molar-refractivity contribution < 1.29 is 23.0 Å². The molecular weight excluding hydrogens is 506 g/mol. The van der Waals surface area contributed by atoms with E-state index in [-0.39, 0.29) is 34.9 Å². The number of likely N-dealkylation sites (tertiary alicyclic amines) is 1. The number of carbonyl (C=O) groups excluding carboxylic acids is 1. The van der Waals surface area contributed by atoms with E-state index in [2.05, 4.69) is 19.9 Å². The zero-order valence-corrected chi connectivity index (χ0v) is 22.8. The van der Waals surface area contributed by atoms with Crippen LogP contribution in [0, 0.1) is 11.6 Å². The Balaban J connectivity index is 1.48. The van der Waals surface area contributed by atoms with Gasteiger partial charge in [0.2, 0.25) is 0 Å². The summed E-state index contributed by atoms with van der Waals surface area (Å²) in [5.41, 5.74) is -0.646. The maximum absolute atomic E-state index is 15.9. The number of carbonyl (C=O) groups is 1. The number of fused-ring (bicyclic) bond motifs is 1. The van der Waals surface area contributed by atoms with Gasteiger partial charge < -0.3 is 24.2 Å². The Bertz CT molecular complexity index is 1360. The van der Waals surface area contributed by atoms with Gasteiger partial charge in [0, 0.05) is 44.0 Å². The number of likely N-dealkylation sites (N-methyl/N-ethyl adjacent to an activating group) is 1. The molecule has 2 aromatic heterocycles. The fourth-order valence-electron chi connectivity index (χ4n) is 4.96. The predicted octanol–water partition coefficient (Wildman–Crippen LogP) is 4.50. The minimum absolute atomic E-state index is 0.0117. The van der Waals surface area contributed by atoms with Crippen LogP contribution in [0.1, 0.15) is 33.6 Å². The Morgan fingerprint density at radius 1 is 1.08 bits per heavy atom. The molecule has 1 aromatic carbocycles. The third kappa shape index (κ3) is 5.88. The van der Waals surface area contributed by atoms with E-state index in [9.17, 15) is 9.18 Å². The molecule has 0 radical (unpaired) electrons. The number of aromatic nitrogens is 3. The van der Waals surface area contributed by atoms with E-state index in [0.717, 1.165) is 19.4 Å². The monoisotopic (exact) mass is 540 g/mol. The Morgan fingerprint density at radius 2 is 1.82 bits per heavy atom. The van der Waals surface area contributed by atoms with Crippen molar-refractivity contribution >= 4 is 22.8 Å². The first-order valence-electron chi connectivity index (χ1n) is 13.3. The van der Waals surface area contributed by atoms with E-state index in [1.54, 1.807) is 17.0 Å². The second-order valence-corrected chi connectivity index (χ2v) is 11.0. The third-order valence-corrected chi connectivity index (χ3v) is 7.08. The number of hydrogen-bond acceptors (Lipinski definition) is 8. The van der Waals surface area contributed by atoms with E-state index in [1.807, 2.05) is 32.7 Å². The first-order chi connectivity index (χ1) is 18.6. The minimum atomic E-state index is -0.739. The van der Waals surface area contributed by atoms with Gasteiger partial charge in [0.1, 0.15) is 35.1 Å². The van der Waals surface area contributed by atoms with Crippen molar-refractivity contribution in [3.05, 3.63) is 42.1 Å². The fraction of sp³-hybridized carbons (Fsp3) is 0.500. The number of nitrogens with zero attached hydrogens (tertiary/aromatic N) is 6. The molecule has 2 aliphatic rings. The molecule has 11 heteroatoms. The summed E-state index contributed by atoms with van der Waals surface area (Å²) in [5, 5.41) is 0.392. The summed E-state index contributed by atoms with van der Waals surface area (Å²) in [5.74, 6) is -0.849. The van der Waals surface area contributed by atoms with Gasteiger partial charge in [0.05, 0.1) is 5.39 Å². The number of pyridine rings is 1. The Labute approximate surface area is 226 Å². The molecule has 1 atom stereocenters. The number of anilines is 1. The molecule has 0 bridgehead atoms. The molecule has 0 saturated carbocycles. The number of rotatable bonds is 5. The average molecular weight is 541 g/mol. The van der Waals surface area contributed by atoms with Gasteiger partial charge in [-0.15, -0.1) is 0 Å². The van der Waals surface area contributed by atoms with Crippen molar-refractivity contribution in [1.29, 1.82) is 0 Å². The molecule has 3 aromatic rings. The summed E-state index contributed by atoms with van der Waals surface area (Å²) in [6, 6.07) is 6.20. The fourth-order valence-corrected chi connectivity index (χ4v) is 4.96. The lowest BCUT2D eigenvalue weighted by molar-refractivity contribution is 0.0240. The second kappa shape index (κ2) is 10.9. The van der Waals surface area contributed by atoms with E-state index in [1.165, 1.54) is 18.3 Å². The molecule has 0 unspecified atom stereocenters. The Morgan fingerprint density at radius 3 is 2.49 bits per heavy atom. The van der Waals surface area contributed by atoms with Gasteiger partial charge in [-0.3, -0.25) is 4.98 Å². The zero-order valence-electron chi connectivity index (χ0n) is 22.8. The summed E-state index contributed by atoms with van der Waals surface area (Å²) in [7, 11) is 2.05. The molecule has 5 rings (SSSR count). The van der Waals surface area contributed by atoms with Crippen molar-refractivity contribution in [1.82, 2.24) is 24.8 Å². The highest BCUT2D eigenvalue weighted by Crippen LogP contribution is 2.33. The number of piperazine rings is 1. The summed E-state index contributed by atoms with van der Waals surface area (Å²) >= 11 is 0. The highest BCUT2D eigenvalue weighted by Gasteiger charge is 2.29. The molecule has 0 spiro atoms. The molecule has 4 heterocycles. The van der Waals surface area contributed by atoms with Crippen molar-refractivity contribution in [3.8, 4) is 17.3 Å². The third-order valence-electron chi connectivity index (χ3n) is 7.08. The highest BCUT2D eigenvalue weighted by molar-refractivity contribution is 5.92. The molecule has 2 aliphatic heterocycles. The number of hydrogen-bond donors (Lipinski definition) is 0. The van der Waals surface area contributed by atoms with Gasteiger partial charge in [-0.1, -0.05) is 12.1 Å². The first-order valence-corrected chi connectivity index (χ1v) is 13.3. The van der Waals surface area contributed by atoms with E-state index >= 15 is 4.39 Å². The highest BCUT2D eigenvalue weighted by atomic mass is 19.1. The molecular formula is C28H34F2N6O3. The zero-order chi connectivity index (χ0) is 27.7. The van der Waals surface area contributed by atoms with Crippen molar-refractivity contribution in [2.75, 3.05) is 51.3 Å². The van der Waals surface area contributed by atoms with Crippen LogP contribution in [0.25, 0.3) is 22.2 Å². The Hall–Kier alpha value is -3.60. The van der Waals surface area contributed by atoms with E-state index in [4.69, 9.17) is 9.47 Å². The van der Waals surface area contributed by atoms with Gasteiger partial charge in [-0.2, -0.15) is 9.97 Å². The van der Waals surface area contributed by atoms with Gasteiger partial charge >= 0.3 is 12.1 Å². The van der Waals surface area contributed by atoms with Crippen molar-refractivity contribution in [3.63, 3.8) is 0 Å². The van der Waals surface area contributed by atoms with Crippen LogP contribution in [-0.4, -0.2) is 88.9 Å². The second-order valence-electron chi connectivity index (χ2n) is 11.0. The summed E-state index contributed by atoms with van der Waals surface area (Å²) in [6.07, 6.45) is 3.19. The van der Waals surface area contributed by atoms with Crippen LogP contribution in [-0.2, 0) is 4.74 Å². The van der Waals surface area contributed by atoms with Crippen LogP contribution in [0.2, 0.25) is 0 Å². The summed E-state index contributed by atoms with van der Waals surface area (Å²) in [6.45, 7) is 8.58. The van der Waals surface area contributed by atoms with Gasteiger partial charge in [-0.25, -0.2) is 13.6 Å². The predicted molar refractivity (Wildman–Crippen MR) is 144 cm³/mol. The topological polar surface area (TPSA) is 83.9 Å². The molecule has 1 amide bonds. The smallest absolute Gasteiger partial charge is 0.410 e. The maximum Gasteiger partial charge on any atom is 0.410 e. The first kappa shape index (κ1) is 27.0. The number of halogens is 2. The lowest BCUT2D eigenvalue weighted by atomic mass is 10.1. The molecule has 0 aliphatic carbocycles. The van der Waals surface area contributed by atoms with Crippen LogP contribution in [0.3, 0.4) is 0 Å². The van der Waals surface area contributed by atoms with Crippen LogP contribution in [0.5, 0.6) is 6.01 Å². The minimum Gasteiger partial charge on any atom is -0.462 e. The normalized spacial score (nSPS) is 18.6. The molecule has 9 nitrogen and oxygen atoms in total. The lowest BCUT2D eigenvalue weighted by Crippen LogP contribution is -2.50. The van der Waals surface area contributed by atoms with Crippen LogP contribution >= 0.6 is 0 Å². The van der Waals surface area contributed by atoms with Gasteiger partial charge in [0.15, 0.2) is 5.82 Å². The number of benzene rings is 1. The average Bonchev–Trinajstić information content (AvgIpc) is 3.31. The van der Waals surface area contributed by atoms with Gasteiger partial charge in [0.25, 0.3) is 0 Å². The van der Waals surface area contributed by atoms with Crippen LogP contribution < -0.4 is 9.64 Å². The molecule has 0 N–H and O–H groups in total. The summed E-state index contributed by atoms with van der Waals surface area (Å²) < 4.78 is 41.9. The SMILES string of the molecule is CN1CCC[C@H]1COc1nc(N2CCN(C(=O)OC(C)(C)C)CC2)c2cnc(-c3ccccc3F)c(F)c2n1. The van der Waals surface area contributed by atoms with Crippen LogP contribution in [0.15, 0.2) is 30.5 Å². The van der Waals surface area contributed by atoms with Crippen LogP contribution in [0.4, 0.5) is 19.4 Å². The largest absolute Gasteiger partial charge is 0.462 e. The van der Waals surface area contributed by atoms with Crippen molar-refractivity contribution in [2.45, 2.75) is 45.3 Å². The van der Waals surface area contributed by atoms with E-state index < -0.39 is 17.2 Å². The number of amides is 1.